The number of carbonyl (C=O) groups is 3. The second-order valence-electron chi connectivity index (χ2n) is 9.44. The number of ketones is 2. The summed E-state index contributed by atoms with van der Waals surface area (Å²) in [7, 11) is 3.17. The molecule has 182 valence electrons. The monoisotopic (exact) mass is 480 g/mol. The largest absolute Gasteiger partial charge is 0.510 e. The smallest absolute Gasteiger partial charge is 0.255 e. The lowest BCUT2D eigenvalue weighted by molar-refractivity contribution is -0.148. The highest BCUT2D eigenvalue weighted by Gasteiger charge is 2.63. The zero-order valence-corrected chi connectivity index (χ0v) is 18.9. The molecule has 3 aliphatic carbocycles. The van der Waals surface area contributed by atoms with E-state index < -0.39 is 58.0 Å². The van der Waals surface area contributed by atoms with Gasteiger partial charge < -0.3 is 26.2 Å². The third-order valence-electron chi connectivity index (χ3n) is 7.42. The topological polar surface area (TPSA) is 190 Å². The van der Waals surface area contributed by atoms with Gasteiger partial charge in [-0.3, -0.25) is 24.4 Å². The number of benzene rings is 1. The Morgan fingerprint density at radius 1 is 1.23 bits per heavy atom. The molecule has 1 amide bonds. The van der Waals surface area contributed by atoms with Gasteiger partial charge in [0.05, 0.1) is 17.8 Å². The number of allylic oxidation sites excluding steroid dienone is 1. The number of primary amides is 1. The van der Waals surface area contributed by atoms with Crippen LogP contribution in [0.5, 0.6) is 5.75 Å². The van der Waals surface area contributed by atoms with Crippen LogP contribution in [0.2, 0.25) is 0 Å². The molecule has 0 unspecified atom stereocenters. The van der Waals surface area contributed by atoms with E-state index in [4.69, 9.17) is 5.73 Å². The Bertz CT molecular complexity index is 1360. The molecule has 1 aromatic heterocycles. The van der Waals surface area contributed by atoms with Gasteiger partial charge in [0, 0.05) is 23.3 Å². The fourth-order valence-electron chi connectivity index (χ4n) is 5.92. The molecule has 11 heteroatoms. The Morgan fingerprint density at radius 3 is 2.54 bits per heavy atom. The van der Waals surface area contributed by atoms with Crippen LogP contribution in [0.1, 0.15) is 22.3 Å². The number of hydrogen-bond donors (Lipinski definition) is 6. The van der Waals surface area contributed by atoms with E-state index in [2.05, 4.69) is 10.2 Å². The molecule has 4 atom stereocenters. The van der Waals surface area contributed by atoms with Crippen molar-refractivity contribution < 1.29 is 34.8 Å². The average molecular weight is 480 g/mol. The highest BCUT2D eigenvalue weighted by Crippen LogP contribution is 2.53. The third-order valence-corrected chi connectivity index (χ3v) is 7.42. The number of aliphatic hydroxyl groups excluding tert-OH is 2. The van der Waals surface area contributed by atoms with Gasteiger partial charge in [-0.05, 0) is 50.0 Å². The minimum atomic E-state index is -2.65. The van der Waals surface area contributed by atoms with Crippen LogP contribution in [0.4, 0.5) is 0 Å². The second-order valence-corrected chi connectivity index (χ2v) is 9.44. The van der Waals surface area contributed by atoms with Crippen molar-refractivity contribution >= 4 is 17.5 Å². The molecular formula is C24H24N4O7. The number of H-pyrrole nitrogens is 1. The second kappa shape index (κ2) is 7.52. The van der Waals surface area contributed by atoms with Crippen LogP contribution < -0.4 is 5.73 Å². The summed E-state index contributed by atoms with van der Waals surface area (Å²) in [6, 6.07) is 2.00. The van der Waals surface area contributed by atoms with Crippen molar-refractivity contribution in [3.05, 3.63) is 58.3 Å². The number of likely N-dealkylation sites (N-methyl/N-ethyl adjacent to an activating group) is 1. The van der Waals surface area contributed by atoms with Gasteiger partial charge in [0.15, 0.2) is 11.4 Å². The van der Waals surface area contributed by atoms with Gasteiger partial charge in [-0.2, -0.15) is 5.10 Å². The summed E-state index contributed by atoms with van der Waals surface area (Å²) in [5, 5.41) is 50.9. The lowest BCUT2D eigenvalue weighted by atomic mass is 9.58. The van der Waals surface area contributed by atoms with Crippen molar-refractivity contribution in [1.29, 1.82) is 0 Å². The first-order valence-corrected chi connectivity index (χ1v) is 11.0. The number of Topliss-reactive ketones (excluding diaryl/α,β-unsaturated/α-hetero) is 2. The molecule has 0 saturated heterocycles. The number of carbonyl (C=O) groups excluding carboxylic acids is 3. The van der Waals surface area contributed by atoms with E-state index in [1.165, 1.54) is 11.0 Å². The Labute approximate surface area is 199 Å². The molecule has 7 N–H and O–H groups in total. The number of fused-ring (bicyclic) bond motifs is 3. The Kier molecular flexibility index (Phi) is 4.90. The number of hydrogen-bond acceptors (Lipinski definition) is 9. The number of rotatable bonds is 3. The van der Waals surface area contributed by atoms with Crippen molar-refractivity contribution in [2.24, 2.45) is 17.6 Å². The number of aromatic amines is 1. The van der Waals surface area contributed by atoms with Gasteiger partial charge in [0.25, 0.3) is 5.91 Å². The predicted octanol–water partition coefficient (Wildman–Crippen LogP) is 0.511. The zero-order valence-electron chi connectivity index (χ0n) is 18.9. The minimum Gasteiger partial charge on any atom is -0.510 e. The summed E-state index contributed by atoms with van der Waals surface area (Å²) >= 11 is 0. The molecule has 0 radical (unpaired) electrons. The standard InChI is InChI=1S/C24H24N4O7/c1-28(2)18-13-6-9-5-12-11(10-7-26-27-8-10)3-4-14(29)16(12)19(30)15(9)21(32)24(13,35)22(33)17(20(18)31)23(25)34/h3-4,7-9,13,18,29,31-32,35H,5-6H2,1-2H3,(H2,25,34)(H,26,27)/t9-,13-,18-,24-/m0/s1. The first-order chi connectivity index (χ1) is 16.5. The van der Waals surface area contributed by atoms with E-state index in [0.29, 0.717) is 16.7 Å². The number of nitrogens with zero attached hydrogens (tertiary/aromatic N) is 2. The molecular weight excluding hydrogens is 456 g/mol. The fraction of sp³-hybridized carbons (Fsp3) is 0.333. The van der Waals surface area contributed by atoms with E-state index in [0.717, 1.165) is 0 Å². The van der Waals surface area contributed by atoms with Gasteiger partial charge in [0.1, 0.15) is 22.8 Å². The predicted molar refractivity (Wildman–Crippen MR) is 121 cm³/mol. The number of aliphatic hydroxyl groups is 3. The summed E-state index contributed by atoms with van der Waals surface area (Å²) in [5.74, 6) is -6.73. The fourth-order valence-corrected chi connectivity index (χ4v) is 5.92. The van der Waals surface area contributed by atoms with E-state index in [9.17, 15) is 34.8 Å². The highest BCUT2D eigenvalue weighted by molar-refractivity contribution is 6.24. The SMILES string of the molecule is CN(C)[C@@H]1C(O)=C(C(N)=O)C(=O)[C@@]2(O)C(O)=C3C(=O)c4c(O)ccc(-c5cn[nH]c5)c4C[C@H]3C[C@@H]12. The maximum atomic E-state index is 13.6. The van der Waals surface area contributed by atoms with E-state index in [-0.39, 0.29) is 29.7 Å². The normalized spacial score (nSPS) is 28.2. The van der Waals surface area contributed by atoms with Crippen LogP contribution in [0, 0.1) is 11.8 Å². The number of phenols is 1. The van der Waals surface area contributed by atoms with Crippen molar-refractivity contribution in [2.75, 3.05) is 14.1 Å². The van der Waals surface area contributed by atoms with Crippen LogP contribution in [-0.2, 0) is 16.0 Å². The molecule has 0 bridgehead atoms. The van der Waals surface area contributed by atoms with Crippen LogP contribution in [0.25, 0.3) is 11.1 Å². The summed E-state index contributed by atoms with van der Waals surface area (Å²) in [5.41, 5.74) is 3.53. The highest BCUT2D eigenvalue weighted by atomic mass is 16.3. The Morgan fingerprint density at radius 2 is 1.94 bits per heavy atom. The molecule has 1 aromatic carbocycles. The molecule has 1 heterocycles. The number of amides is 1. The molecule has 0 fully saturated rings. The van der Waals surface area contributed by atoms with Gasteiger partial charge >= 0.3 is 0 Å². The van der Waals surface area contributed by atoms with Gasteiger partial charge in [-0.1, -0.05) is 6.07 Å². The quantitative estimate of drug-likeness (QED) is 0.340. The average Bonchev–Trinajstić information content (AvgIpc) is 3.30. The first-order valence-electron chi connectivity index (χ1n) is 11.0. The van der Waals surface area contributed by atoms with Crippen LogP contribution in [-0.4, -0.2) is 78.7 Å². The zero-order chi connectivity index (χ0) is 25.4. The van der Waals surface area contributed by atoms with Crippen molar-refractivity contribution in [3.8, 4) is 16.9 Å². The Hall–Kier alpha value is -3.96. The molecule has 0 spiro atoms. The van der Waals surface area contributed by atoms with Gasteiger partial charge in [-0.15, -0.1) is 0 Å². The molecule has 2 aromatic rings. The van der Waals surface area contributed by atoms with Gasteiger partial charge in [0.2, 0.25) is 5.78 Å². The van der Waals surface area contributed by atoms with E-state index in [1.807, 2.05) is 0 Å². The van der Waals surface area contributed by atoms with E-state index >= 15 is 0 Å². The van der Waals surface area contributed by atoms with Crippen LogP contribution >= 0.6 is 0 Å². The van der Waals surface area contributed by atoms with Crippen molar-refractivity contribution in [2.45, 2.75) is 24.5 Å². The molecule has 35 heavy (non-hydrogen) atoms. The van der Waals surface area contributed by atoms with Crippen molar-refractivity contribution in [3.63, 3.8) is 0 Å². The molecule has 5 rings (SSSR count). The summed E-state index contributed by atoms with van der Waals surface area (Å²) in [6.07, 6.45) is 3.47. The number of nitrogens with two attached hydrogens (primary N) is 1. The maximum absolute atomic E-state index is 13.6. The molecule has 0 saturated carbocycles. The number of phenolic OH excluding ortho intramolecular Hbond substituents is 1. The molecule has 11 nitrogen and oxygen atoms in total. The summed E-state index contributed by atoms with van der Waals surface area (Å²) in [4.78, 5) is 40.4. The van der Waals surface area contributed by atoms with Crippen molar-refractivity contribution in [1.82, 2.24) is 15.1 Å². The lowest BCUT2D eigenvalue weighted by Gasteiger charge is -2.50. The summed E-state index contributed by atoms with van der Waals surface area (Å²) < 4.78 is 0. The lowest BCUT2D eigenvalue weighted by Crippen LogP contribution is -2.63. The van der Waals surface area contributed by atoms with Crippen LogP contribution in [0.3, 0.4) is 0 Å². The number of aromatic hydroxyl groups is 1. The first kappa shape index (κ1) is 22.8. The van der Waals surface area contributed by atoms with Crippen LogP contribution in [0.15, 0.2) is 47.2 Å². The summed E-state index contributed by atoms with van der Waals surface area (Å²) in [6.45, 7) is 0. The minimum absolute atomic E-state index is 0.0340. The maximum Gasteiger partial charge on any atom is 0.255 e. The Balaban J connectivity index is 1.74. The number of nitrogens with one attached hydrogen (secondary N) is 1. The number of aromatic nitrogens is 2. The molecule has 0 aliphatic heterocycles. The van der Waals surface area contributed by atoms with Gasteiger partial charge in [-0.25, -0.2) is 0 Å². The third kappa shape index (κ3) is 2.91. The molecule has 3 aliphatic rings. The van der Waals surface area contributed by atoms with E-state index in [1.54, 1.807) is 32.6 Å².